The van der Waals surface area contributed by atoms with E-state index >= 15 is 0 Å². The molecule has 0 unspecified atom stereocenters. The van der Waals surface area contributed by atoms with Gasteiger partial charge in [-0.1, -0.05) is 12.1 Å². The lowest BCUT2D eigenvalue weighted by Crippen LogP contribution is -1.87. The predicted molar refractivity (Wildman–Crippen MR) is 60.8 cm³/mol. The number of benzene rings is 1. The van der Waals surface area contributed by atoms with E-state index in [0.717, 1.165) is 22.4 Å². The van der Waals surface area contributed by atoms with Gasteiger partial charge < -0.3 is 5.11 Å². The van der Waals surface area contributed by atoms with Crippen LogP contribution in [0.25, 0.3) is 11.3 Å². The second kappa shape index (κ2) is 3.73. The number of aromatic hydroxyl groups is 1. The topological polar surface area (TPSA) is 33.1 Å². The molecule has 0 radical (unpaired) electrons. The molecule has 0 aliphatic heterocycles. The van der Waals surface area contributed by atoms with Crippen molar-refractivity contribution >= 4 is 0 Å². The highest BCUT2D eigenvalue weighted by Gasteiger charge is 2.08. The average molecular weight is 199 g/mol. The molecule has 2 nitrogen and oxygen atoms in total. The van der Waals surface area contributed by atoms with Gasteiger partial charge in [-0.25, -0.2) is 0 Å². The maximum atomic E-state index is 9.94. The summed E-state index contributed by atoms with van der Waals surface area (Å²) in [7, 11) is 0. The number of hydrogen-bond acceptors (Lipinski definition) is 2. The number of rotatable bonds is 1. The number of aromatic nitrogens is 1. The van der Waals surface area contributed by atoms with E-state index in [1.54, 1.807) is 6.20 Å². The van der Waals surface area contributed by atoms with Gasteiger partial charge in [-0.3, -0.25) is 4.98 Å². The van der Waals surface area contributed by atoms with Gasteiger partial charge in [0.25, 0.3) is 0 Å². The maximum absolute atomic E-state index is 9.94. The standard InChI is InChI=1S/C13H13NO/c1-9-7-10(2)13(15)11(8-9)12-5-3-4-6-14-12/h3-8,15H,1-2H3. The van der Waals surface area contributed by atoms with Gasteiger partial charge in [0.2, 0.25) is 0 Å². The largest absolute Gasteiger partial charge is 0.507 e. The molecule has 1 aromatic heterocycles. The van der Waals surface area contributed by atoms with Crippen molar-refractivity contribution in [1.29, 1.82) is 0 Å². The van der Waals surface area contributed by atoms with Crippen molar-refractivity contribution in [3.8, 4) is 17.0 Å². The Morgan fingerprint density at radius 3 is 2.60 bits per heavy atom. The summed E-state index contributed by atoms with van der Waals surface area (Å²) in [5.41, 5.74) is 3.62. The molecule has 15 heavy (non-hydrogen) atoms. The Labute approximate surface area is 89.2 Å². The van der Waals surface area contributed by atoms with Gasteiger partial charge in [-0.2, -0.15) is 0 Å². The van der Waals surface area contributed by atoms with Gasteiger partial charge in [0.15, 0.2) is 0 Å². The molecule has 2 rings (SSSR count). The SMILES string of the molecule is Cc1cc(C)c(O)c(-c2ccccn2)c1. The maximum Gasteiger partial charge on any atom is 0.127 e. The lowest BCUT2D eigenvalue weighted by atomic mass is 10.0. The van der Waals surface area contributed by atoms with E-state index in [2.05, 4.69) is 4.98 Å². The summed E-state index contributed by atoms with van der Waals surface area (Å²) in [6.07, 6.45) is 1.73. The van der Waals surface area contributed by atoms with Crippen LogP contribution in [0.1, 0.15) is 11.1 Å². The molecule has 2 aromatic rings. The monoisotopic (exact) mass is 199 g/mol. The Morgan fingerprint density at radius 1 is 1.13 bits per heavy atom. The van der Waals surface area contributed by atoms with Crippen molar-refractivity contribution in [1.82, 2.24) is 4.98 Å². The Kier molecular flexibility index (Phi) is 2.42. The molecular formula is C13H13NO. The van der Waals surface area contributed by atoms with Crippen molar-refractivity contribution in [2.24, 2.45) is 0 Å². The van der Waals surface area contributed by atoms with Crippen LogP contribution in [0, 0.1) is 13.8 Å². The zero-order valence-corrected chi connectivity index (χ0v) is 8.86. The minimum absolute atomic E-state index is 0.319. The van der Waals surface area contributed by atoms with Crippen LogP contribution in [0.15, 0.2) is 36.5 Å². The zero-order valence-electron chi connectivity index (χ0n) is 8.86. The minimum Gasteiger partial charge on any atom is -0.507 e. The summed E-state index contributed by atoms with van der Waals surface area (Å²) in [5.74, 6) is 0.319. The van der Waals surface area contributed by atoms with Gasteiger partial charge in [0.05, 0.1) is 5.69 Å². The third-order valence-electron chi connectivity index (χ3n) is 2.39. The molecule has 0 atom stereocenters. The molecule has 1 aromatic carbocycles. The Bertz CT molecular complexity index is 477. The highest BCUT2D eigenvalue weighted by Crippen LogP contribution is 2.31. The van der Waals surface area contributed by atoms with Crippen molar-refractivity contribution in [3.05, 3.63) is 47.7 Å². The fraction of sp³-hybridized carbons (Fsp3) is 0.154. The molecule has 0 amide bonds. The number of pyridine rings is 1. The van der Waals surface area contributed by atoms with Crippen molar-refractivity contribution in [2.75, 3.05) is 0 Å². The molecule has 1 N–H and O–H groups in total. The number of nitrogens with zero attached hydrogens (tertiary/aromatic N) is 1. The Hall–Kier alpha value is -1.83. The first-order chi connectivity index (χ1) is 7.18. The van der Waals surface area contributed by atoms with Crippen molar-refractivity contribution in [2.45, 2.75) is 13.8 Å². The molecule has 0 fully saturated rings. The fourth-order valence-electron chi connectivity index (χ4n) is 1.68. The van der Waals surface area contributed by atoms with E-state index in [9.17, 15) is 5.11 Å². The lowest BCUT2D eigenvalue weighted by molar-refractivity contribution is 0.473. The van der Waals surface area contributed by atoms with Crippen LogP contribution in [0.3, 0.4) is 0 Å². The summed E-state index contributed by atoms with van der Waals surface area (Å²) >= 11 is 0. The van der Waals surface area contributed by atoms with Crippen molar-refractivity contribution < 1.29 is 5.11 Å². The highest BCUT2D eigenvalue weighted by atomic mass is 16.3. The normalized spacial score (nSPS) is 10.3. The number of aryl methyl sites for hydroxylation is 2. The summed E-state index contributed by atoms with van der Waals surface area (Å²) in [6, 6.07) is 9.59. The van der Waals surface area contributed by atoms with Gasteiger partial charge in [0.1, 0.15) is 5.75 Å². The molecule has 1 heterocycles. The van der Waals surface area contributed by atoms with Crippen LogP contribution >= 0.6 is 0 Å². The number of hydrogen-bond donors (Lipinski definition) is 1. The van der Waals surface area contributed by atoms with Crippen LogP contribution in [0.5, 0.6) is 5.75 Å². The number of phenolic OH excluding ortho intramolecular Hbond substituents is 1. The quantitative estimate of drug-likeness (QED) is 0.765. The second-order valence-electron chi connectivity index (χ2n) is 3.69. The highest BCUT2D eigenvalue weighted by molar-refractivity contribution is 5.69. The van der Waals surface area contributed by atoms with Gasteiger partial charge in [-0.05, 0) is 43.2 Å². The third kappa shape index (κ3) is 1.84. The van der Waals surface area contributed by atoms with E-state index in [4.69, 9.17) is 0 Å². The Balaban J connectivity index is 2.63. The molecule has 2 heteroatoms. The minimum atomic E-state index is 0.319. The summed E-state index contributed by atoms with van der Waals surface area (Å²) < 4.78 is 0. The predicted octanol–water partition coefficient (Wildman–Crippen LogP) is 3.07. The van der Waals surface area contributed by atoms with Crippen LogP contribution in [0.4, 0.5) is 0 Å². The summed E-state index contributed by atoms with van der Waals surface area (Å²) in [6.45, 7) is 3.91. The summed E-state index contributed by atoms with van der Waals surface area (Å²) in [5, 5.41) is 9.94. The first-order valence-corrected chi connectivity index (χ1v) is 4.90. The molecule has 0 saturated carbocycles. The smallest absolute Gasteiger partial charge is 0.127 e. The second-order valence-corrected chi connectivity index (χ2v) is 3.69. The van der Waals surface area contributed by atoms with Crippen LogP contribution in [-0.2, 0) is 0 Å². The van der Waals surface area contributed by atoms with Gasteiger partial charge in [0, 0.05) is 11.8 Å². The molecule has 0 spiro atoms. The molecule has 0 bridgehead atoms. The van der Waals surface area contributed by atoms with Crippen LogP contribution in [0.2, 0.25) is 0 Å². The van der Waals surface area contributed by atoms with Crippen LogP contribution in [-0.4, -0.2) is 10.1 Å². The zero-order chi connectivity index (χ0) is 10.8. The molecule has 0 aliphatic carbocycles. The van der Waals surface area contributed by atoms with E-state index in [0.29, 0.717) is 5.75 Å². The van der Waals surface area contributed by atoms with Crippen LogP contribution < -0.4 is 0 Å². The van der Waals surface area contributed by atoms with Crippen molar-refractivity contribution in [3.63, 3.8) is 0 Å². The molecule has 0 aliphatic rings. The van der Waals surface area contributed by atoms with Gasteiger partial charge in [-0.15, -0.1) is 0 Å². The molecule has 76 valence electrons. The summed E-state index contributed by atoms with van der Waals surface area (Å²) in [4.78, 5) is 4.23. The number of phenols is 1. The van der Waals surface area contributed by atoms with E-state index in [-0.39, 0.29) is 0 Å². The van der Waals surface area contributed by atoms with Gasteiger partial charge >= 0.3 is 0 Å². The fourth-order valence-corrected chi connectivity index (χ4v) is 1.68. The van der Waals surface area contributed by atoms with E-state index < -0.39 is 0 Å². The lowest BCUT2D eigenvalue weighted by Gasteiger charge is -2.08. The Morgan fingerprint density at radius 2 is 1.93 bits per heavy atom. The first kappa shape index (κ1) is 9.71. The third-order valence-corrected chi connectivity index (χ3v) is 2.39. The van der Waals surface area contributed by atoms with E-state index in [1.165, 1.54) is 0 Å². The first-order valence-electron chi connectivity index (χ1n) is 4.90. The molecule has 0 saturated heterocycles. The van der Waals surface area contributed by atoms with E-state index in [1.807, 2.05) is 44.2 Å². The average Bonchev–Trinajstić information content (AvgIpc) is 2.24. The molecular weight excluding hydrogens is 186 g/mol.